The highest BCUT2D eigenvalue weighted by molar-refractivity contribution is 5.38. The van der Waals surface area contributed by atoms with E-state index in [9.17, 15) is 0 Å². The molecule has 0 aromatic heterocycles. The summed E-state index contributed by atoms with van der Waals surface area (Å²) in [7, 11) is 0. The van der Waals surface area contributed by atoms with Gasteiger partial charge < -0.3 is 15.2 Å². The van der Waals surface area contributed by atoms with Gasteiger partial charge in [0.05, 0.1) is 12.7 Å². The Bertz CT molecular complexity index is 420. The average Bonchev–Trinajstić information content (AvgIpc) is 2.28. The van der Waals surface area contributed by atoms with Gasteiger partial charge in [0.15, 0.2) is 0 Å². The van der Waals surface area contributed by atoms with Gasteiger partial charge in [-0.05, 0) is 13.0 Å². The van der Waals surface area contributed by atoms with Gasteiger partial charge in [0.2, 0.25) is 0 Å². The highest BCUT2D eigenvalue weighted by Gasteiger charge is 2.42. The summed E-state index contributed by atoms with van der Waals surface area (Å²) in [4.78, 5) is 0. The van der Waals surface area contributed by atoms with Crippen molar-refractivity contribution < 1.29 is 9.47 Å². The number of hydrogen-bond acceptors (Lipinski definition) is 3. The van der Waals surface area contributed by atoms with Crippen molar-refractivity contribution in [3.63, 3.8) is 0 Å². The van der Waals surface area contributed by atoms with E-state index in [1.165, 1.54) is 0 Å². The number of hydrogen-bond donors (Lipinski definition) is 1. The Kier molecular flexibility index (Phi) is 2.60. The number of benzene rings is 1. The molecule has 1 aromatic rings. The largest absolute Gasteiger partial charge is 0.487 e. The lowest BCUT2D eigenvalue weighted by Gasteiger charge is -2.45. The molecule has 2 aliphatic heterocycles. The molecular formula is C14H19NO2. The van der Waals surface area contributed by atoms with Crippen molar-refractivity contribution in [2.75, 3.05) is 6.61 Å². The van der Waals surface area contributed by atoms with Crippen molar-refractivity contribution in [3.8, 4) is 5.75 Å². The molecule has 2 unspecified atom stereocenters. The van der Waals surface area contributed by atoms with Crippen molar-refractivity contribution >= 4 is 0 Å². The first-order chi connectivity index (χ1) is 8.19. The van der Waals surface area contributed by atoms with E-state index in [2.05, 4.69) is 13.0 Å². The van der Waals surface area contributed by atoms with Crippen molar-refractivity contribution in [1.82, 2.24) is 0 Å². The maximum absolute atomic E-state index is 6.28. The predicted molar refractivity (Wildman–Crippen MR) is 66.0 cm³/mol. The molecule has 2 aliphatic rings. The van der Waals surface area contributed by atoms with Crippen molar-refractivity contribution in [2.24, 2.45) is 5.73 Å². The van der Waals surface area contributed by atoms with Crippen LogP contribution in [0.4, 0.5) is 0 Å². The third-order valence-electron chi connectivity index (χ3n) is 3.86. The Hall–Kier alpha value is -1.06. The molecule has 3 atom stereocenters. The van der Waals surface area contributed by atoms with Gasteiger partial charge in [0.25, 0.3) is 0 Å². The van der Waals surface area contributed by atoms with Crippen LogP contribution in [0, 0.1) is 0 Å². The van der Waals surface area contributed by atoms with Crippen LogP contribution in [0.25, 0.3) is 0 Å². The van der Waals surface area contributed by atoms with Crippen molar-refractivity contribution in [1.29, 1.82) is 0 Å². The molecule has 1 aromatic carbocycles. The third kappa shape index (κ3) is 1.94. The van der Waals surface area contributed by atoms with Gasteiger partial charge >= 0.3 is 0 Å². The fourth-order valence-corrected chi connectivity index (χ4v) is 3.07. The SMILES string of the molecule is CC1CC2(CCO1)C[C@H](N)c1ccccc1O2. The summed E-state index contributed by atoms with van der Waals surface area (Å²) in [5.41, 5.74) is 7.31. The lowest BCUT2D eigenvalue weighted by atomic mass is 9.80. The van der Waals surface area contributed by atoms with Crippen LogP contribution >= 0.6 is 0 Å². The minimum atomic E-state index is -0.106. The molecule has 92 valence electrons. The molecule has 2 N–H and O–H groups in total. The first-order valence-electron chi connectivity index (χ1n) is 6.34. The van der Waals surface area contributed by atoms with Gasteiger partial charge in [-0.2, -0.15) is 0 Å². The van der Waals surface area contributed by atoms with E-state index in [0.717, 1.165) is 37.2 Å². The molecular weight excluding hydrogens is 214 g/mol. The molecule has 1 spiro atoms. The first kappa shape index (κ1) is 11.1. The summed E-state index contributed by atoms with van der Waals surface area (Å²) in [5.74, 6) is 0.959. The predicted octanol–water partition coefficient (Wildman–Crippen LogP) is 2.41. The van der Waals surface area contributed by atoms with E-state index in [1.807, 2.05) is 18.2 Å². The molecule has 0 amide bonds. The molecule has 3 heteroatoms. The van der Waals surface area contributed by atoms with Crippen LogP contribution in [-0.2, 0) is 4.74 Å². The molecule has 1 saturated heterocycles. The molecule has 3 rings (SSSR count). The zero-order valence-electron chi connectivity index (χ0n) is 10.2. The number of rotatable bonds is 0. The van der Waals surface area contributed by atoms with Crippen molar-refractivity contribution in [3.05, 3.63) is 29.8 Å². The second-order valence-electron chi connectivity index (χ2n) is 5.27. The normalized spacial score (nSPS) is 36.4. The molecule has 1 fully saturated rings. The lowest BCUT2D eigenvalue weighted by Crippen LogP contribution is -2.49. The Morgan fingerprint density at radius 1 is 1.29 bits per heavy atom. The maximum Gasteiger partial charge on any atom is 0.124 e. The van der Waals surface area contributed by atoms with Gasteiger partial charge in [-0.25, -0.2) is 0 Å². The topological polar surface area (TPSA) is 44.5 Å². The van der Waals surface area contributed by atoms with Crippen LogP contribution in [0.15, 0.2) is 24.3 Å². The van der Waals surface area contributed by atoms with E-state index in [0.29, 0.717) is 0 Å². The molecule has 17 heavy (non-hydrogen) atoms. The number of ether oxygens (including phenoxy) is 2. The number of para-hydroxylation sites is 1. The minimum absolute atomic E-state index is 0.0882. The second kappa shape index (κ2) is 4.00. The zero-order valence-corrected chi connectivity index (χ0v) is 10.2. The monoisotopic (exact) mass is 233 g/mol. The molecule has 3 nitrogen and oxygen atoms in total. The smallest absolute Gasteiger partial charge is 0.124 e. The standard InChI is InChI=1S/C14H19NO2/c1-10-8-14(6-7-16-10)9-12(15)11-4-2-3-5-13(11)17-14/h2-5,10,12H,6-9,15H2,1H3/t10?,12-,14?/m0/s1. The van der Waals surface area contributed by atoms with Crippen LogP contribution in [0.3, 0.4) is 0 Å². The first-order valence-corrected chi connectivity index (χ1v) is 6.34. The van der Waals surface area contributed by atoms with Crippen LogP contribution in [-0.4, -0.2) is 18.3 Å². The van der Waals surface area contributed by atoms with Crippen LogP contribution in [0.5, 0.6) is 5.75 Å². The van der Waals surface area contributed by atoms with E-state index in [-0.39, 0.29) is 17.7 Å². The number of fused-ring (bicyclic) bond motifs is 1. The summed E-state index contributed by atoms with van der Waals surface area (Å²) in [5, 5.41) is 0. The fourth-order valence-electron chi connectivity index (χ4n) is 3.07. The van der Waals surface area contributed by atoms with Gasteiger partial charge in [-0.1, -0.05) is 18.2 Å². The fraction of sp³-hybridized carbons (Fsp3) is 0.571. The van der Waals surface area contributed by atoms with E-state index in [1.54, 1.807) is 0 Å². The Balaban J connectivity index is 1.92. The Labute approximate surface area is 102 Å². The average molecular weight is 233 g/mol. The molecule has 0 radical (unpaired) electrons. The highest BCUT2D eigenvalue weighted by Crippen LogP contribution is 2.43. The second-order valence-corrected chi connectivity index (χ2v) is 5.27. The molecule has 0 bridgehead atoms. The van der Waals surface area contributed by atoms with E-state index in [4.69, 9.17) is 15.2 Å². The van der Waals surface area contributed by atoms with Crippen LogP contribution in [0.2, 0.25) is 0 Å². The Morgan fingerprint density at radius 2 is 2.12 bits per heavy atom. The summed E-state index contributed by atoms with van der Waals surface area (Å²) in [6.07, 6.45) is 3.05. The Morgan fingerprint density at radius 3 is 2.94 bits per heavy atom. The highest BCUT2D eigenvalue weighted by atomic mass is 16.5. The maximum atomic E-state index is 6.28. The zero-order chi connectivity index (χ0) is 11.9. The van der Waals surface area contributed by atoms with Gasteiger partial charge in [-0.3, -0.25) is 0 Å². The summed E-state index contributed by atoms with van der Waals surface area (Å²) in [6.45, 7) is 2.88. The lowest BCUT2D eigenvalue weighted by molar-refractivity contribution is -0.0949. The molecule has 2 heterocycles. The van der Waals surface area contributed by atoms with Gasteiger partial charge in [0.1, 0.15) is 11.4 Å². The van der Waals surface area contributed by atoms with Gasteiger partial charge in [0, 0.05) is 30.9 Å². The van der Waals surface area contributed by atoms with Gasteiger partial charge in [-0.15, -0.1) is 0 Å². The third-order valence-corrected chi connectivity index (χ3v) is 3.86. The number of nitrogens with two attached hydrogens (primary N) is 1. The molecule has 0 saturated carbocycles. The van der Waals surface area contributed by atoms with E-state index < -0.39 is 0 Å². The van der Waals surface area contributed by atoms with E-state index >= 15 is 0 Å². The van der Waals surface area contributed by atoms with Crippen LogP contribution in [0.1, 0.15) is 37.8 Å². The molecule has 0 aliphatic carbocycles. The summed E-state index contributed by atoms with van der Waals surface area (Å²) in [6, 6.07) is 8.21. The quantitative estimate of drug-likeness (QED) is 0.748. The van der Waals surface area contributed by atoms with Crippen molar-refractivity contribution in [2.45, 2.75) is 43.9 Å². The summed E-state index contributed by atoms with van der Waals surface area (Å²) < 4.78 is 11.8. The minimum Gasteiger partial charge on any atom is -0.487 e. The van der Waals surface area contributed by atoms with Crippen LogP contribution < -0.4 is 10.5 Å². The summed E-state index contributed by atoms with van der Waals surface area (Å²) >= 11 is 0.